The molecule has 0 saturated carbocycles. The molecule has 1 aromatic heterocycles. The van der Waals surface area contributed by atoms with Gasteiger partial charge in [-0.2, -0.15) is 0 Å². The van der Waals surface area contributed by atoms with Crippen LogP contribution in [0.5, 0.6) is 5.75 Å². The van der Waals surface area contributed by atoms with Crippen molar-refractivity contribution in [1.29, 1.82) is 0 Å². The second kappa shape index (κ2) is 8.69. The molecule has 4 rings (SSSR count). The summed E-state index contributed by atoms with van der Waals surface area (Å²) in [5, 5.41) is 1.98. The predicted octanol–water partition coefficient (Wildman–Crippen LogP) is 4.64. The summed E-state index contributed by atoms with van der Waals surface area (Å²) in [6.07, 6.45) is 7.79. The SMILES string of the molecule is CCCCc1c(S(=O)(=O)NOc2ccc(-n3ccnc3)cc2)ccc2ccccc12. The van der Waals surface area contributed by atoms with Gasteiger partial charge in [0.2, 0.25) is 0 Å². The number of benzene rings is 3. The number of fused-ring (bicyclic) bond motifs is 1. The summed E-state index contributed by atoms with van der Waals surface area (Å²) in [5.74, 6) is 0.401. The third-order valence-corrected chi connectivity index (χ3v) is 6.24. The minimum Gasteiger partial charge on any atom is -0.394 e. The molecule has 0 unspecified atom stereocenters. The Hall–Kier alpha value is -3.16. The van der Waals surface area contributed by atoms with E-state index >= 15 is 0 Å². The van der Waals surface area contributed by atoms with E-state index in [-0.39, 0.29) is 4.90 Å². The first kappa shape index (κ1) is 20.1. The molecule has 0 spiro atoms. The highest BCUT2D eigenvalue weighted by Crippen LogP contribution is 2.27. The van der Waals surface area contributed by atoms with E-state index in [1.807, 2.05) is 53.2 Å². The zero-order valence-corrected chi connectivity index (χ0v) is 17.5. The van der Waals surface area contributed by atoms with Gasteiger partial charge < -0.3 is 9.40 Å². The molecule has 0 radical (unpaired) electrons. The van der Waals surface area contributed by atoms with Gasteiger partial charge in [-0.05, 0) is 64.4 Å². The predicted molar refractivity (Wildman–Crippen MR) is 117 cm³/mol. The van der Waals surface area contributed by atoms with Crippen LogP contribution in [-0.2, 0) is 16.4 Å². The molecule has 7 heteroatoms. The van der Waals surface area contributed by atoms with Gasteiger partial charge >= 0.3 is 0 Å². The molecule has 0 aliphatic carbocycles. The van der Waals surface area contributed by atoms with Crippen LogP contribution in [0.25, 0.3) is 16.5 Å². The molecule has 3 aromatic carbocycles. The highest BCUT2D eigenvalue weighted by molar-refractivity contribution is 7.89. The van der Waals surface area contributed by atoms with Crippen molar-refractivity contribution in [2.45, 2.75) is 31.1 Å². The van der Waals surface area contributed by atoms with Gasteiger partial charge in [0.1, 0.15) is 5.75 Å². The first-order valence-electron chi connectivity index (χ1n) is 9.86. The lowest BCUT2D eigenvalue weighted by Crippen LogP contribution is -2.28. The second-order valence-corrected chi connectivity index (χ2v) is 8.63. The normalized spacial score (nSPS) is 11.6. The minimum atomic E-state index is -3.85. The maximum Gasteiger partial charge on any atom is 0.271 e. The molecular formula is C23H23N3O3S. The van der Waals surface area contributed by atoms with Crippen molar-refractivity contribution >= 4 is 20.8 Å². The summed E-state index contributed by atoms with van der Waals surface area (Å²) in [7, 11) is -3.85. The molecule has 0 aliphatic heterocycles. The van der Waals surface area contributed by atoms with Gasteiger partial charge in [-0.3, -0.25) is 0 Å². The fraction of sp³-hybridized carbons (Fsp3) is 0.174. The van der Waals surface area contributed by atoms with Gasteiger partial charge in [0.15, 0.2) is 0 Å². The van der Waals surface area contributed by atoms with Crippen LogP contribution in [-0.4, -0.2) is 18.0 Å². The standard InChI is InChI=1S/C23H23N3O3S/c1-2-3-7-22-21-8-5-4-6-18(21)9-14-23(22)30(27,28)25-29-20-12-10-19(11-13-20)26-16-15-24-17-26/h4-6,8-17,25H,2-3,7H2,1H3. The van der Waals surface area contributed by atoms with Crippen LogP contribution in [0, 0.1) is 0 Å². The van der Waals surface area contributed by atoms with E-state index in [2.05, 4.69) is 16.8 Å². The van der Waals surface area contributed by atoms with Crippen molar-refractivity contribution in [3.63, 3.8) is 0 Å². The Labute approximate surface area is 176 Å². The molecule has 0 saturated heterocycles. The molecule has 154 valence electrons. The number of nitrogens with one attached hydrogen (secondary N) is 1. The minimum absolute atomic E-state index is 0.254. The lowest BCUT2D eigenvalue weighted by Gasteiger charge is -2.15. The number of aromatic nitrogens is 2. The van der Waals surface area contributed by atoms with Gasteiger partial charge in [-0.15, -0.1) is 0 Å². The van der Waals surface area contributed by atoms with Crippen molar-refractivity contribution in [1.82, 2.24) is 14.4 Å². The van der Waals surface area contributed by atoms with Gasteiger partial charge in [0.05, 0.1) is 11.2 Å². The van der Waals surface area contributed by atoms with Crippen LogP contribution in [0.4, 0.5) is 0 Å². The highest BCUT2D eigenvalue weighted by atomic mass is 32.2. The average Bonchev–Trinajstić information content (AvgIpc) is 3.31. The van der Waals surface area contributed by atoms with E-state index in [4.69, 9.17) is 4.84 Å². The maximum atomic E-state index is 13.0. The Morgan fingerprint density at radius 1 is 1.03 bits per heavy atom. The number of imidazole rings is 1. The quantitative estimate of drug-likeness (QED) is 0.421. The van der Waals surface area contributed by atoms with Gasteiger partial charge in [0.25, 0.3) is 10.0 Å². The number of hydrogen-bond donors (Lipinski definition) is 1. The summed E-state index contributed by atoms with van der Waals surface area (Å²) in [5.41, 5.74) is 1.72. The Morgan fingerprint density at radius 3 is 2.57 bits per heavy atom. The second-order valence-electron chi connectivity index (χ2n) is 7.02. The number of sulfonamides is 1. The van der Waals surface area contributed by atoms with Gasteiger partial charge in [-0.1, -0.05) is 43.7 Å². The maximum absolute atomic E-state index is 13.0. The largest absolute Gasteiger partial charge is 0.394 e. The molecule has 1 heterocycles. The van der Waals surface area contributed by atoms with E-state index in [0.29, 0.717) is 12.2 Å². The third-order valence-electron chi connectivity index (χ3n) is 4.98. The fourth-order valence-corrected chi connectivity index (χ4v) is 4.50. The summed E-state index contributed by atoms with van der Waals surface area (Å²) >= 11 is 0. The van der Waals surface area contributed by atoms with Crippen molar-refractivity contribution in [3.8, 4) is 11.4 Å². The number of nitrogens with zero attached hydrogens (tertiary/aromatic N) is 2. The number of aryl methyl sites for hydroxylation is 1. The Morgan fingerprint density at radius 2 is 1.83 bits per heavy atom. The van der Waals surface area contributed by atoms with Crippen LogP contribution in [0.15, 0.2) is 84.3 Å². The van der Waals surface area contributed by atoms with Crippen molar-refractivity contribution in [3.05, 3.63) is 84.9 Å². The zero-order chi connectivity index (χ0) is 21.0. The van der Waals surface area contributed by atoms with Crippen LogP contribution >= 0.6 is 0 Å². The van der Waals surface area contributed by atoms with Crippen LogP contribution in [0.1, 0.15) is 25.3 Å². The summed E-state index contributed by atoms with van der Waals surface area (Å²) in [6, 6.07) is 18.4. The molecule has 30 heavy (non-hydrogen) atoms. The van der Waals surface area contributed by atoms with Crippen molar-refractivity contribution in [2.24, 2.45) is 0 Å². The van der Waals surface area contributed by atoms with E-state index in [1.165, 1.54) is 0 Å². The monoisotopic (exact) mass is 421 g/mol. The van der Waals surface area contributed by atoms with Crippen LogP contribution < -0.4 is 9.72 Å². The Bertz CT molecular complexity index is 1230. The summed E-state index contributed by atoms with van der Waals surface area (Å²) in [6.45, 7) is 2.09. The smallest absolute Gasteiger partial charge is 0.271 e. The lowest BCUT2D eigenvalue weighted by molar-refractivity contribution is 0.269. The summed E-state index contributed by atoms with van der Waals surface area (Å²) < 4.78 is 27.9. The van der Waals surface area contributed by atoms with E-state index in [1.54, 1.807) is 30.7 Å². The Balaban J connectivity index is 1.58. The van der Waals surface area contributed by atoms with E-state index in [9.17, 15) is 8.42 Å². The van der Waals surface area contributed by atoms with E-state index < -0.39 is 10.0 Å². The van der Waals surface area contributed by atoms with Crippen LogP contribution in [0.2, 0.25) is 0 Å². The fourth-order valence-electron chi connectivity index (χ4n) is 3.43. The lowest BCUT2D eigenvalue weighted by atomic mass is 10.0. The van der Waals surface area contributed by atoms with Gasteiger partial charge in [0, 0.05) is 18.1 Å². The third kappa shape index (κ3) is 4.22. The first-order valence-corrected chi connectivity index (χ1v) is 11.3. The first-order chi connectivity index (χ1) is 14.6. The molecule has 0 aliphatic rings. The molecule has 0 atom stereocenters. The molecule has 0 fully saturated rings. The number of hydrogen-bond acceptors (Lipinski definition) is 4. The molecule has 4 aromatic rings. The molecular weight excluding hydrogens is 398 g/mol. The molecule has 1 N–H and O–H groups in total. The van der Waals surface area contributed by atoms with Gasteiger partial charge in [-0.25, -0.2) is 13.4 Å². The number of rotatable bonds is 8. The number of unbranched alkanes of at least 4 members (excludes halogenated alkanes) is 1. The Kier molecular flexibility index (Phi) is 5.83. The highest BCUT2D eigenvalue weighted by Gasteiger charge is 2.21. The van der Waals surface area contributed by atoms with Crippen molar-refractivity contribution in [2.75, 3.05) is 0 Å². The topological polar surface area (TPSA) is 73.2 Å². The van der Waals surface area contributed by atoms with Crippen LogP contribution in [0.3, 0.4) is 0 Å². The summed E-state index contributed by atoms with van der Waals surface area (Å²) in [4.78, 5) is 12.0. The zero-order valence-electron chi connectivity index (χ0n) is 16.7. The molecule has 0 bridgehead atoms. The molecule has 6 nitrogen and oxygen atoms in total. The van der Waals surface area contributed by atoms with Crippen molar-refractivity contribution < 1.29 is 13.3 Å². The van der Waals surface area contributed by atoms with E-state index in [0.717, 1.165) is 34.9 Å². The average molecular weight is 422 g/mol. The molecule has 0 amide bonds.